The number of hydrogen-bond donors (Lipinski definition) is 2. The maximum atomic E-state index is 12.5. The number of aryl methyl sites for hydroxylation is 2. The van der Waals surface area contributed by atoms with Crippen molar-refractivity contribution in [3.8, 4) is 17.1 Å². The van der Waals surface area contributed by atoms with Gasteiger partial charge in [0, 0.05) is 5.02 Å². The van der Waals surface area contributed by atoms with Crippen LogP contribution < -0.4 is 10.1 Å². The van der Waals surface area contributed by atoms with Gasteiger partial charge in [-0.15, -0.1) is 5.10 Å². The SMILES string of the molecule is COc1ccc(Cl)cc1-c1nc(SCC(=O)NC(C)c2ccc3c(c2)CCCC3)n[nH]1. The minimum Gasteiger partial charge on any atom is -0.496 e. The standard InChI is InChI=1S/C23H25ClN4O2S/c1-14(16-8-7-15-5-3-4-6-17(15)11-16)25-21(29)13-31-23-26-22(27-28-23)19-12-18(24)9-10-20(19)30-2/h7-12,14H,3-6,13H2,1-2H3,(H,25,29)(H,26,27,28). The van der Waals surface area contributed by atoms with Gasteiger partial charge in [0.2, 0.25) is 11.1 Å². The molecule has 6 nitrogen and oxygen atoms in total. The highest BCUT2D eigenvalue weighted by Crippen LogP contribution is 2.31. The Hall–Kier alpha value is -2.51. The zero-order chi connectivity index (χ0) is 21.8. The molecule has 1 aliphatic carbocycles. The summed E-state index contributed by atoms with van der Waals surface area (Å²) < 4.78 is 5.37. The lowest BCUT2D eigenvalue weighted by molar-refractivity contribution is -0.119. The number of hydrogen-bond acceptors (Lipinski definition) is 5. The predicted octanol–water partition coefficient (Wildman–Crippen LogP) is 4.98. The molecule has 8 heteroatoms. The summed E-state index contributed by atoms with van der Waals surface area (Å²) in [5.41, 5.74) is 4.73. The molecule has 0 radical (unpaired) electrons. The van der Waals surface area contributed by atoms with E-state index in [1.807, 2.05) is 6.92 Å². The van der Waals surface area contributed by atoms with E-state index in [1.165, 1.54) is 35.7 Å². The van der Waals surface area contributed by atoms with Crippen molar-refractivity contribution in [2.75, 3.05) is 12.9 Å². The average Bonchev–Trinajstić information content (AvgIpc) is 3.26. The van der Waals surface area contributed by atoms with Gasteiger partial charge in [-0.3, -0.25) is 9.89 Å². The second-order valence-electron chi connectivity index (χ2n) is 7.62. The van der Waals surface area contributed by atoms with E-state index in [0.717, 1.165) is 24.0 Å². The second kappa shape index (κ2) is 9.75. The van der Waals surface area contributed by atoms with Crippen LogP contribution in [-0.4, -0.2) is 34.0 Å². The lowest BCUT2D eigenvalue weighted by Gasteiger charge is -2.20. The van der Waals surface area contributed by atoms with E-state index in [0.29, 0.717) is 21.8 Å². The summed E-state index contributed by atoms with van der Waals surface area (Å²) in [6, 6.07) is 11.8. The fourth-order valence-corrected chi connectivity index (χ4v) is 4.60. The van der Waals surface area contributed by atoms with Gasteiger partial charge < -0.3 is 10.1 Å². The normalized spacial score (nSPS) is 14.0. The van der Waals surface area contributed by atoms with Crippen molar-refractivity contribution in [1.82, 2.24) is 20.5 Å². The first kappa shape index (κ1) is 21.7. The Morgan fingerprint density at radius 1 is 1.23 bits per heavy atom. The Morgan fingerprint density at radius 3 is 2.84 bits per heavy atom. The molecule has 0 aliphatic heterocycles. The predicted molar refractivity (Wildman–Crippen MR) is 124 cm³/mol. The van der Waals surface area contributed by atoms with E-state index in [1.54, 1.807) is 25.3 Å². The van der Waals surface area contributed by atoms with E-state index in [-0.39, 0.29) is 17.7 Å². The van der Waals surface area contributed by atoms with E-state index in [4.69, 9.17) is 16.3 Å². The third kappa shape index (κ3) is 5.22. The topological polar surface area (TPSA) is 79.9 Å². The molecule has 4 rings (SSSR count). The molecule has 31 heavy (non-hydrogen) atoms. The maximum Gasteiger partial charge on any atom is 0.230 e. The molecule has 162 valence electrons. The van der Waals surface area contributed by atoms with Crippen LogP contribution in [0.4, 0.5) is 0 Å². The lowest BCUT2D eigenvalue weighted by atomic mass is 9.89. The molecule has 0 spiro atoms. The molecular formula is C23H25ClN4O2S. The highest BCUT2D eigenvalue weighted by molar-refractivity contribution is 7.99. The molecule has 1 heterocycles. The number of rotatable bonds is 7. The van der Waals surface area contributed by atoms with Gasteiger partial charge in [-0.25, -0.2) is 4.98 Å². The van der Waals surface area contributed by atoms with Crippen molar-refractivity contribution in [2.45, 2.75) is 43.8 Å². The van der Waals surface area contributed by atoms with Crippen molar-refractivity contribution in [1.29, 1.82) is 0 Å². The fraction of sp³-hybridized carbons (Fsp3) is 0.348. The summed E-state index contributed by atoms with van der Waals surface area (Å²) in [6.07, 6.45) is 4.80. The number of benzene rings is 2. The van der Waals surface area contributed by atoms with E-state index < -0.39 is 0 Å². The summed E-state index contributed by atoms with van der Waals surface area (Å²) in [5, 5.41) is 11.2. The van der Waals surface area contributed by atoms with Crippen molar-refractivity contribution in [2.24, 2.45) is 0 Å². The third-order valence-corrected chi connectivity index (χ3v) is 6.55. The Kier molecular flexibility index (Phi) is 6.83. The molecule has 1 aliphatic rings. The number of halogens is 1. The van der Waals surface area contributed by atoms with Crippen LogP contribution >= 0.6 is 23.4 Å². The van der Waals surface area contributed by atoms with Crippen LogP contribution in [0.3, 0.4) is 0 Å². The van der Waals surface area contributed by atoms with Gasteiger partial charge in [0.25, 0.3) is 0 Å². The van der Waals surface area contributed by atoms with Gasteiger partial charge in [0.05, 0.1) is 24.5 Å². The number of H-pyrrole nitrogens is 1. The monoisotopic (exact) mass is 456 g/mol. The molecule has 0 saturated heterocycles. The fourth-order valence-electron chi connectivity index (χ4n) is 3.82. The lowest BCUT2D eigenvalue weighted by Crippen LogP contribution is -2.28. The molecule has 2 aromatic carbocycles. The van der Waals surface area contributed by atoms with Crippen molar-refractivity contribution in [3.63, 3.8) is 0 Å². The number of nitrogens with one attached hydrogen (secondary N) is 2. The molecule has 1 atom stereocenters. The molecule has 0 saturated carbocycles. The summed E-state index contributed by atoms with van der Waals surface area (Å²) in [5.74, 6) is 1.37. The van der Waals surface area contributed by atoms with Crippen LogP contribution in [0.25, 0.3) is 11.4 Å². The van der Waals surface area contributed by atoms with Crippen LogP contribution in [-0.2, 0) is 17.6 Å². The quantitative estimate of drug-likeness (QED) is 0.490. The summed E-state index contributed by atoms with van der Waals surface area (Å²) in [7, 11) is 1.59. The van der Waals surface area contributed by atoms with E-state index in [2.05, 4.69) is 38.7 Å². The Bertz CT molecular complexity index is 1090. The largest absolute Gasteiger partial charge is 0.496 e. The summed E-state index contributed by atoms with van der Waals surface area (Å²) in [6.45, 7) is 2.02. The number of ether oxygens (including phenoxy) is 1. The molecule has 0 bridgehead atoms. The number of nitrogens with zero attached hydrogens (tertiary/aromatic N) is 2. The number of aromatic nitrogens is 3. The number of amides is 1. The molecule has 0 fully saturated rings. The molecule has 3 aromatic rings. The van der Waals surface area contributed by atoms with Crippen LogP contribution in [0, 0.1) is 0 Å². The third-order valence-electron chi connectivity index (χ3n) is 5.46. The first-order chi connectivity index (χ1) is 15.0. The maximum absolute atomic E-state index is 12.5. The van der Waals surface area contributed by atoms with Gasteiger partial charge in [-0.05, 0) is 67.5 Å². The number of methoxy groups -OCH3 is 1. The zero-order valence-corrected chi connectivity index (χ0v) is 19.1. The Morgan fingerprint density at radius 2 is 2.03 bits per heavy atom. The van der Waals surface area contributed by atoms with Crippen molar-refractivity contribution >= 4 is 29.3 Å². The number of thioether (sulfide) groups is 1. The van der Waals surface area contributed by atoms with Crippen molar-refractivity contribution in [3.05, 3.63) is 58.1 Å². The minimum atomic E-state index is -0.0538. The van der Waals surface area contributed by atoms with Crippen LogP contribution in [0.1, 0.15) is 42.5 Å². The second-order valence-corrected chi connectivity index (χ2v) is 9.00. The summed E-state index contributed by atoms with van der Waals surface area (Å²) in [4.78, 5) is 16.9. The first-order valence-electron chi connectivity index (χ1n) is 10.3. The number of carbonyl (C=O) groups is 1. The first-order valence-corrected chi connectivity index (χ1v) is 11.7. The van der Waals surface area contributed by atoms with Crippen molar-refractivity contribution < 1.29 is 9.53 Å². The van der Waals surface area contributed by atoms with Gasteiger partial charge >= 0.3 is 0 Å². The van der Waals surface area contributed by atoms with Gasteiger partial charge in [0.15, 0.2) is 5.82 Å². The number of carbonyl (C=O) groups excluding carboxylic acids is 1. The molecule has 1 amide bonds. The van der Waals surface area contributed by atoms with Gasteiger partial charge in [0.1, 0.15) is 5.75 Å². The highest BCUT2D eigenvalue weighted by Gasteiger charge is 2.16. The molecule has 1 aromatic heterocycles. The minimum absolute atomic E-state index is 0.0428. The van der Waals surface area contributed by atoms with Gasteiger partial charge in [-0.2, -0.15) is 0 Å². The molecule has 1 unspecified atom stereocenters. The summed E-state index contributed by atoms with van der Waals surface area (Å²) >= 11 is 7.38. The molecule has 2 N–H and O–H groups in total. The Labute approximate surface area is 191 Å². The number of fused-ring (bicyclic) bond motifs is 1. The van der Waals surface area contributed by atoms with Crippen LogP contribution in [0.15, 0.2) is 41.6 Å². The number of aromatic amines is 1. The van der Waals surface area contributed by atoms with E-state index in [9.17, 15) is 4.79 Å². The average molecular weight is 457 g/mol. The van der Waals surface area contributed by atoms with Crippen LogP contribution in [0.2, 0.25) is 5.02 Å². The Balaban J connectivity index is 1.35. The van der Waals surface area contributed by atoms with Crippen LogP contribution in [0.5, 0.6) is 5.75 Å². The van der Waals surface area contributed by atoms with E-state index >= 15 is 0 Å². The highest BCUT2D eigenvalue weighted by atomic mass is 35.5. The van der Waals surface area contributed by atoms with Gasteiger partial charge in [-0.1, -0.05) is 41.6 Å². The molecular weight excluding hydrogens is 432 g/mol. The zero-order valence-electron chi connectivity index (χ0n) is 17.6. The smallest absolute Gasteiger partial charge is 0.230 e.